The molecule has 5 heteroatoms. The highest BCUT2D eigenvalue weighted by Gasteiger charge is 2.23. The van der Waals surface area contributed by atoms with Crippen molar-refractivity contribution in [2.24, 2.45) is 5.73 Å². The highest BCUT2D eigenvalue weighted by molar-refractivity contribution is 7.09. The van der Waals surface area contributed by atoms with Crippen molar-refractivity contribution in [1.29, 1.82) is 0 Å². The Morgan fingerprint density at radius 1 is 1.35 bits per heavy atom. The zero-order valence-electron chi connectivity index (χ0n) is 12.3. The number of hydrogen-bond acceptors (Lipinski definition) is 4. The summed E-state index contributed by atoms with van der Waals surface area (Å²) < 4.78 is 0. The van der Waals surface area contributed by atoms with Crippen LogP contribution in [0.2, 0.25) is 0 Å². The molecule has 2 N–H and O–H groups in total. The number of aromatic nitrogens is 1. The fourth-order valence-corrected chi connectivity index (χ4v) is 3.60. The van der Waals surface area contributed by atoms with Crippen molar-refractivity contribution in [3.63, 3.8) is 0 Å². The van der Waals surface area contributed by atoms with E-state index in [1.165, 1.54) is 43.4 Å². The van der Waals surface area contributed by atoms with E-state index >= 15 is 0 Å². The van der Waals surface area contributed by atoms with Crippen molar-refractivity contribution < 1.29 is 4.79 Å². The van der Waals surface area contributed by atoms with Crippen molar-refractivity contribution in [1.82, 2.24) is 9.88 Å². The number of nitrogens with two attached hydrogens (primary N) is 1. The van der Waals surface area contributed by atoms with Gasteiger partial charge >= 0.3 is 0 Å². The molecule has 0 unspecified atom stereocenters. The molecule has 1 amide bonds. The van der Waals surface area contributed by atoms with Crippen LogP contribution in [-0.2, 0) is 6.42 Å². The topological polar surface area (TPSA) is 59.2 Å². The molecule has 0 saturated heterocycles. The molecule has 1 aromatic rings. The van der Waals surface area contributed by atoms with Crippen LogP contribution in [0.15, 0.2) is 5.38 Å². The van der Waals surface area contributed by atoms with E-state index in [9.17, 15) is 4.79 Å². The van der Waals surface area contributed by atoms with E-state index < -0.39 is 0 Å². The van der Waals surface area contributed by atoms with Crippen molar-refractivity contribution in [3.05, 3.63) is 16.1 Å². The van der Waals surface area contributed by atoms with Gasteiger partial charge in [-0.15, -0.1) is 11.3 Å². The maximum Gasteiger partial charge on any atom is 0.273 e. The summed E-state index contributed by atoms with van der Waals surface area (Å²) in [6.07, 6.45) is 9.43. The van der Waals surface area contributed by atoms with Crippen molar-refractivity contribution >= 4 is 17.2 Å². The molecule has 0 atom stereocenters. The summed E-state index contributed by atoms with van der Waals surface area (Å²) in [6.45, 7) is 0.583. The Bertz CT molecular complexity index is 425. The van der Waals surface area contributed by atoms with Crippen LogP contribution in [0.5, 0.6) is 0 Å². The molecule has 0 aromatic carbocycles. The van der Waals surface area contributed by atoms with E-state index in [2.05, 4.69) is 4.98 Å². The van der Waals surface area contributed by atoms with Crippen LogP contribution in [0, 0.1) is 0 Å². The van der Waals surface area contributed by atoms with Gasteiger partial charge in [0.05, 0.1) is 5.01 Å². The largest absolute Gasteiger partial charge is 0.337 e. The van der Waals surface area contributed by atoms with Crippen LogP contribution in [0.3, 0.4) is 0 Å². The van der Waals surface area contributed by atoms with Crippen molar-refractivity contribution in [3.8, 4) is 0 Å². The first-order valence-electron chi connectivity index (χ1n) is 7.64. The standard InChI is InChI=1S/C15H25N3OS/c1-18(12-7-5-3-2-4-6-8-12)15(19)13-11-20-14(17-13)9-10-16/h11-12H,2-10,16H2,1H3. The highest BCUT2D eigenvalue weighted by Crippen LogP contribution is 2.22. The van der Waals surface area contributed by atoms with E-state index in [1.807, 2.05) is 17.3 Å². The van der Waals surface area contributed by atoms with Crippen LogP contribution in [-0.4, -0.2) is 35.4 Å². The molecule has 1 saturated carbocycles. The summed E-state index contributed by atoms with van der Waals surface area (Å²) in [5, 5.41) is 2.83. The van der Waals surface area contributed by atoms with Gasteiger partial charge in [0.2, 0.25) is 0 Å². The quantitative estimate of drug-likeness (QED) is 0.929. The average Bonchev–Trinajstić information content (AvgIpc) is 2.86. The molecule has 0 radical (unpaired) electrons. The first kappa shape index (κ1) is 15.4. The van der Waals surface area contributed by atoms with Crippen LogP contribution in [0.1, 0.15) is 60.4 Å². The molecule has 112 valence electrons. The van der Waals surface area contributed by atoms with Gasteiger partial charge in [-0.1, -0.05) is 32.1 Å². The van der Waals surface area contributed by atoms with Crippen LogP contribution < -0.4 is 5.73 Å². The number of carbonyl (C=O) groups is 1. The highest BCUT2D eigenvalue weighted by atomic mass is 32.1. The van der Waals surface area contributed by atoms with Crippen LogP contribution in [0.25, 0.3) is 0 Å². The lowest BCUT2D eigenvalue weighted by molar-refractivity contribution is 0.0701. The predicted octanol–water partition coefficient (Wildman–Crippen LogP) is 2.83. The molecule has 1 aliphatic carbocycles. The second-order valence-corrected chi connectivity index (χ2v) is 6.52. The molecular weight excluding hydrogens is 270 g/mol. The molecule has 1 aliphatic rings. The minimum Gasteiger partial charge on any atom is -0.337 e. The molecule has 0 bridgehead atoms. The minimum absolute atomic E-state index is 0.0649. The Labute approximate surface area is 125 Å². The summed E-state index contributed by atoms with van der Waals surface area (Å²) in [7, 11) is 1.93. The lowest BCUT2D eigenvalue weighted by Gasteiger charge is -2.29. The summed E-state index contributed by atoms with van der Waals surface area (Å²) in [5.74, 6) is 0.0649. The summed E-state index contributed by atoms with van der Waals surface area (Å²) in [4.78, 5) is 18.8. The summed E-state index contributed by atoms with van der Waals surface area (Å²) >= 11 is 1.54. The zero-order chi connectivity index (χ0) is 14.4. The fourth-order valence-electron chi connectivity index (χ4n) is 2.82. The monoisotopic (exact) mass is 295 g/mol. The lowest BCUT2D eigenvalue weighted by Crippen LogP contribution is -2.37. The summed E-state index contributed by atoms with van der Waals surface area (Å²) in [6, 6.07) is 0.377. The van der Waals surface area contributed by atoms with E-state index in [1.54, 1.807) is 0 Å². The Kier molecular flexibility index (Phi) is 5.98. The van der Waals surface area contributed by atoms with Gasteiger partial charge in [0, 0.05) is 24.9 Å². The number of amides is 1. The third-order valence-electron chi connectivity index (χ3n) is 4.07. The molecule has 0 aliphatic heterocycles. The molecule has 4 nitrogen and oxygen atoms in total. The van der Waals surface area contributed by atoms with Crippen molar-refractivity contribution in [2.75, 3.05) is 13.6 Å². The molecule has 1 heterocycles. The SMILES string of the molecule is CN(C(=O)c1csc(CCN)n1)C1CCCCCCC1. The van der Waals surface area contributed by atoms with Gasteiger partial charge in [0.25, 0.3) is 5.91 Å². The van der Waals surface area contributed by atoms with E-state index in [-0.39, 0.29) is 5.91 Å². The normalized spacial score (nSPS) is 17.5. The van der Waals surface area contributed by atoms with Crippen molar-refractivity contribution in [2.45, 2.75) is 57.4 Å². The third-order valence-corrected chi connectivity index (χ3v) is 4.98. The first-order valence-corrected chi connectivity index (χ1v) is 8.52. The second kappa shape index (κ2) is 7.74. The average molecular weight is 295 g/mol. The van der Waals surface area contributed by atoms with Gasteiger partial charge in [-0.2, -0.15) is 0 Å². The fraction of sp³-hybridized carbons (Fsp3) is 0.733. The molecule has 0 spiro atoms. The lowest BCUT2D eigenvalue weighted by atomic mass is 9.96. The maximum absolute atomic E-state index is 12.5. The molecule has 1 fully saturated rings. The molecule has 1 aromatic heterocycles. The predicted molar refractivity (Wildman–Crippen MR) is 83.1 cm³/mol. The van der Waals surface area contributed by atoms with Gasteiger partial charge in [-0.05, 0) is 19.4 Å². The first-order chi connectivity index (χ1) is 9.72. The second-order valence-electron chi connectivity index (χ2n) is 5.58. The number of nitrogens with zero attached hydrogens (tertiary/aromatic N) is 2. The van der Waals surface area contributed by atoms with E-state index in [4.69, 9.17) is 5.73 Å². The van der Waals surface area contributed by atoms with Gasteiger partial charge in [-0.25, -0.2) is 4.98 Å². The summed E-state index contributed by atoms with van der Waals surface area (Å²) in [5.41, 5.74) is 6.11. The van der Waals surface area contributed by atoms with E-state index in [0.717, 1.165) is 24.3 Å². The maximum atomic E-state index is 12.5. The Balaban J connectivity index is 1.98. The Hall–Kier alpha value is -0.940. The number of rotatable bonds is 4. The molecular formula is C15H25N3OS. The molecule has 20 heavy (non-hydrogen) atoms. The van der Waals surface area contributed by atoms with Crippen LogP contribution in [0.4, 0.5) is 0 Å². The number of hydrogen-bond donors (Lipinski definition) is 1. The van der Waals surface area contributed by atoms with Gasteiger partial charge in [0.1, 0.15) is 5.69 Å². The van der Waals surface area contributed by atoms with E-state index in [0.29, 0.717) is 18.3 Å². The smallest absolute Gasteiger partial charge is 0.273 e. The number of carbonyl (C=O) groups excluding carboxylic acids is 1. The van der Waals surface area contributed by atoms with Crippen LogP contribution >= 0.6 is 11.3 Å². The minimum atomic E-state index is 0.0649. The number of thiazole rings is 1. The zero-order valence-corrected chi connectivity index (χ0v) is 13.1. The third kappa shape index (κ3) is 4.03. The van der Waals surface area contributed by atoms with Gasteiger partial charge in [0.15, 0.2) is 0 Å². The molecule has 2 rings (SSSR count). The Morgan fingerprint density at radius 3 is 2.65 bits per heavy atom. The van der Waals surface area contributed by atoms with Gasteiger partial charge in [-0.3, -0.25) is 4.79 Å². The Morgan fingerprint density at radius 2 is 2.00 bits per heavy atom. The van der Waals surface area contributed by atoms with Gasteiger partial charge < -0.3 is 10.6 Å².